The van der Waals surface area contributed by atoms with E-state index < -0.39 is 29.5 Å². The molecule has 1 atom stereocenters. The van der Waals surface area contributed by atoms with E-state index in [0.717, 1.165) is 24.5 Å². The van der Waals surface area contributed by atoms with Gasteiger partial charge in [0.15, 0.2) is 5.76 Å². The van der Waals surface area contributed by atoms with Crippen LogP contribution in [0, 0.1) is 0 Å². The monoisotopic (exact) mass is 424 g/mol. The maximum absolute atomic E-state index is 13.9. The molecule has 2 aromatic rings. The number of hydrogen-bond acceptors (Lipinski definition) is 5. The lowest BCUT2D eigenvalue weighted by Gasteiger charge is -2.35. The highest BCUT2D eigenvalue weighted by atomic mass is 35.5. The van der Waals surface area contributed by atoms with E-state index in [4.69, 9.17) is 27.6 Å². The number of rotatable bonds is 6. The van der Waals surface area contributed by atoms with Crippen molar-refractivity contribution in [2.45, 2.75) is 18.8 Å². The van der Waals surface area contributed by atoms with E-state index in [9.17, 15) is 22.8 Å². The van der Waals surface area contributed by atoms with Crippen molar-refractivity contribution in [2.24, 2.45) is 0 Å². The molecule has 11 heteroatoms. The third kappa shape index (κ3) is 4.48. The van der Waals surface area contributed by atoms with Crippen molar-refractivity contribution in [1.82, 2.24) is 5.32 Å². The number of benzene rings is 1. The number of amides is 1. The van der Waals surface area contributed by atoms with Gasteiger partial charge in [0, 0.05) is 5.69 Å². The standard InChI is InChI=1S/C16H13Cl2F3N2O4/c1-2-26-14(25)15(16(19,20)21,23-13(24)12-4-3-7-27-12)22-9-5-6-10(17)11(18)8-9/h3-8,22H,2H2,1H3,(H,23,24). The Morgan fingerprint density at radius 2 is 1.89 bits per heavy atom. The molecule has 0 aliphatic heterocycles. The minimum atomic E-state index is -5.28. The van der Waals surface area contributed by atoms with Gasteiger partial charge in [0.2, 0.25) is 0 Å². The van der Waals surface area contributed by atoms with Gasteiger partial charge in [0.25, 0.3) is 5.91 Å². The summed E-state index contributed by atoms with van der Waals surface area (Å²) in [4.78, 5) is 24.5. The van der Waals surface area contributed by atoms with Crippen LogP contribution < -0.4 is 10.6 Å². The van der Waals surface area contributed by atoms with Gasteiger partial charge in [-0.05, 0) is 37.3 Å². The van der Waals surface area contributed by atoms with Crippen molar-refractivity contribution in [3.8, 4) is 0 Å². The minimum absolute atomic E-state index is 0.0565. The smallest absolute Gasteiger partial charge is 0.441 e. The van der Waals surface area contributed by atoms with E-state index in [-0.39, 0.29) is 22.3 Å². The molecule has 1 aromatic heterocycles. The zero-order valence-corrected chi connectivity index (χ0v) is 15.2. The molecule has 0 aliphatic rings. The molecule has 6 nitrogen and oxygen atoms in total. The number of esters is 1. The van der Waals surface area contributed by atoms with Gasteiger partial charge in [-0.1, -0.05) is 23.2 Å². The molecule has 0 saturated carbocycles. The first-order valence-corrected chi connectivity index (χ1v) is 8.19. The van der Waals surface area contributed by atoms with Gasteiger partial charge >= 0.3 is 17.8 Å². The Morgan fingerprint density at radius 3 is 2.41 bits per heavy atom. The zero-order valence-electron chi connectivity index (χ0n) is 13.7. The maximum Gasteiger partial charge on any atom is 0.441 e. The number of carbonyl (C=O) groups is 2. The van der Waals surface area contributed by atoms with E-state index in [2.05, 4.69) is 4.74 Å². The first-order chi connectivity index (χ1) is 12.6. The normalized spacial score (nSPS) is 13.6. The summed E-state index contributed by atoms with van der Waals surface area (Å²) in [5.74, 6) is -3.47. The Bertz CT molecular complexity index is 828. The van der Waals surface area contributed by atoms with Crippen LogP contribution in [0.25, 0.3) is 0 Å². The summed E-state index contributed by atoms with van der Waals surface area (Å²) in [6, 6.07) is 5.91. The molecule has 0 aliphatic carbocycles. The molecule has 2 rings (SSSR count). The lowest BCUT2D eigenvalue weighted by molar-refractivity contribution is -0.204. The van der Waals surface area contributed by atoms with Crippen molar-refractivity contribution in [3.05, 3.63) is 52.4 Å². The maximum atomic E-state index is 13.9. The van der Waals surface area contributed by atoms with E-state index >= 15 is 0 Å². The molecular formula is C16H13Cl2F3N2O4. The number of alkyl halides is 3. The molecular weight excluding hydrogens is 412 g/mol. The SMILES string of the molecule is CCOC(=O)C(NC(=O)c1ccco1)(Nc1ccc(Cl)c(Cl)c1)C(F)(F)F. The lowest BCUT2D eigenvalue weighted by atomic mass is 10.1. The van der Waals surface area contributed by atoms with Gasteiger partial charge in [-0.2, -0.15) is 13.2 Å². The highest BCUT2D eigenvalue weighted by Gasteiger charge is 2.63. The number of halogens is 5. The molecule has 27 heavy (non-hydrogen) atoms. The summed E-state index contributed by atoms with van der Waals surface area (Å²) in [5.41, 5.74) is -3.82. The molecule has 0 saturated heterocycles. The lowest BCUT2D eigenvalue weighted by Crippen LogP contribution is -2.69. The third-order valence-electron chi connectivity index (χ3n) is 3.30. The Morgan fingerprint density at radius 1 is 1.19 bits per heavy atom. The van der Waals surface area contributed by atoms with Gasteiger partial charge in [-0.15, -0.1) is 0 Å². The van der Waals surface area contributed by atoms with Crippen molar-refractivity contribution < 1.29 is 31.9 Å². The molecule has 146 valence electrons. The van der Waals surface area contributed by atoms with Crippen LogP contribution in [0.15, 0.2) is 41.0 Å². The minimum Gasteiger partial charge on any atom is -0.463 e. The highest BCUT2D eigenvalue weighted by molar-refractivity contribution is 6.42. The quantitative estimate of drug-likeness (QED) is 0.535. The number of furan rings is 1. The van der Waals surface area contributed by atoms with Gasteiger partial charge in [-0.3, -0.25) is 4.79 Å². The summed E-state index contributed by atoms with van der Waals surface area (Å²) < 4.78 is 51.2. The van der Waals surface area contributed by atoms with Crippen LogP contribution in [0.3, 0.4) is 0 Å². The molecule has 1 amide bonds. The fourth-order valence-electron chi connectivity index (χ4n) is 2.06. The van der Waals surface area contributed by atoms with E-state index in [0.29, 0.717) is 0 Å². The molecule has 1 aromatic carbocycles. The predicted molar refractivity (Wildman–Crippen MR) is 91.7 cm³/mol. The fraction of sp³-hybridized carbons (Fsp3) is 0.250. The molecule has 0 radical (unpaired) electrons. The van der Waals surface area contributed by atoms with E-state index in [1.165, 1.54) is 19.1 Å². The van der Waals surface area contributed by atoms with Crippen LogP contribution in [0.5, 0.6) is 0 Å². The number of anilines is 1. The Hall–Kier alpha value is -2.39. The average molecular weight is 425 g/mol. The van der Waals surface area contributed by atoms with E-state index in [1.807, 2.05) is 5.32 Å². The largest absolute Gasteiger partial charge is 0.463 e. The van der Waals surface area contributed by atoms with Crippen LogP contribution in [-0.4, -0.2) is 30.3 Å². The highest BCUT2D eigenvalue weighted by Crippen LogP contribution is 2.35. The summed E-state index contributed by atoms with van der Waals surface area (Å²) >= 11 is 11.6. The van der Waals surface area contributed by atoms with Crippen LogP contribution in [-0.2, 0) is 9.53 Å². The second-order valence-electron chi connectivity index (χ2n) is 5.15. The van der Waals surface area contributed by atoms with Crippen molar-refractivity contribution in [1.29, 1.82) is 0 Å². The Balaban J connectivity index is 2.51. The van der Waals surface area contributed by atoms with Gasteiger partial charge < -0.3 is 19.8 Å². The van der Waals surface area contributed by atoms with Gasteiger partial charge in [0.1, 0.15) is 0 Å². The summed E-state index contributed by atoms with van der Waals surface area (Å²) in [6.07, 6.45) is -4.19. The van der Waals surface area contributed by atoms with Gasteiger partial charge in [-0.25, -0.2) is 4.79 Å². The first kappa shape index (κ1) is 20.9. The molecule has 1 heterocycles. The van der Waals surface area contributed by atoms with Gasteiger partial charge in [0.05, 0.1) is 22.9 Å². The topological polar surface area (TPSA) is 80.6 Å². The molecule has 0 spiro atoms. The summed E-state index contributed by atoms with van der Waals surface area (Å²) in [7, 11) is 0. The predicted octanol–water partition coefficient (Wildman–Crippen LogP) is 4.25. The Kier molecular flexibility index (Phi) is 6.27. The summed E-state index contributed by atoms with van der Waals surface area (Å²) in [5, 5.41) is 3.62. The molecule has 2 N–H and O–H groups in total. The van der Waals surface area contributed by atoms with Crippen LogP contribution in [0.1, 0.15) is 17.5 Å². The molecule has 0 bridgehead atoms. The third-order valence-corrected chi connectivity index (χ3v) is 4.04. The zero-order chi connectivity index (χ0) is 20.2. The van der Waals surface area contributed by atoms with Crippen molar-refractivity contribution in [2.75, 3.05) is 11.9 Å². The van der Waals surface area contributed by atoms with Crippen molar-refractivity contribution >= 4 is 40.8 Å². The average Bonchev–Trinajstić information content (AvgIpc) is 3.11. The van der Waals surface area contributed by atoms with Crippen LogP contribution >= 0.6 is 23.2 Å². The second-order valence-corrected chi connectivity index (χ2v) is 5.97. The number of carbonyl (C=O) groups excluding carboxylic acids is 2. The van der Waals surface area contributed by atoms with Crippen LogP contribution in [0.2, 0.25) is 10.0 Å². The van der Waals surface area contributed by atoms with Crippen LogP contribution in [0.4, 0.5) is 18.9 Å². The molecule has 0 fully saturated rings. The fourth-order valence-corrected chi connectivity index (χ4v) is 2.36. The summed E-state index contributed by atoms with van der Waals surface area (Å²) in [6.45, 7) is 0.975. The number of hydrogen-bond donors (Lipinski definition) is 2. The number of nitrogens with one attached hydrogen (secondary N) is 2. The first-order valence-electron chi connectivity index (χ1n) is 7.44. The van der Waals surface area contributed by atoms with Crippen molar-refractivity contribution in [3.63, 3.8) is 0 Å². The molecule has 1 unspecified atom stereocenters. The Labute approximate surface area is 161 Å². The second kappa shape index (κ2) is 8.10. The number of ether oxygens (including phenoxy) is 1. The van der Waals surface area contributed by atoms with E-state index in [1.54, 1.807) is 5.32 Å².